The first kappa shape index (κ1) is 22.1. The molecular weight excluding hydrogens is 400 g/mol. The molecule has 2 nitrogen and oxygen atoms in total. The van der Waals surface area contributed by atoms with Gasteiger partial charge in [-0.2, -0.15) is 10.5 Å². The lowest BCUT2D eigenvalue weighted by Crippen LogP contribution is -2.29. The molecule has 4 aromatic rings. The minimum Gasteiger partial charge on any atom is -0.197 e. The van der Waals surface area contributed by atoms with E-state index in [0.29, 0.717) is 19.3 Å². The summed E-state index contributed by atoms with van der Waals surface area (Å²) in [6, 6.07) is 45.3. The van der Waals surface area contributed by atoms with Gasteiger partial charge < -0.3 is 0 Å². The van der Waals surface area contributed by atoms with Crippen LogP contribution >= 0.6 is 0 Å². The summed E-state index contributed by atoms with van der Waals surface area (Å²) < 4.78 is 0. The second-order valence-corrected chi connectivity index (χ2v) is 8.35. The Labute approximate surface area is 196 Å². The Morgan fingerprint density at radius 1 is 0.424 bits per heavy atom. The Balaban J connectivity index is 1.72. The predicted molar refractivity (Wildman–Crippen MR) is 132 cm³/mol. The van der Waals surface area contributed by atoms with Gasteiger partial charge in [0.15, 0.2) is 0 Å². The van der Waals surface area contributed by atoms with Gasteiger partial charge in [-0.25, -0.2) is 0 Å². The van der Waals surface area contributed by atoms with Crippen LogP contribution in [0.25, 0.3) is 0 Å². The van der Waals surface area contributed by atoms with Gasteiger partial charge in [-0.05, 0) is 41.5 Å². The van der Waals surface area contributed by atoms with Gasteiger partial charge in [0.25, 0.3) is 0 Å². The average Bonchev–Trinajstić information content (AvgIpc) is 2.91. The topological polar surface area (TPSA) is 47.6 Å². The van der Waals surface area contributed by atoms with Crippen LogP contribution in [0.5, 0.6) is 0 Å². The van der Waals surface area contributed by atoms with E-state index >= 15 is 0 Å². The van der Waals surface area contributed by atoms with E-state index in [2.05, 4.69) is 12.1 Å². The first-order valence-electron chi connectivity index (χ1n) is 11.3. The van der Waals surface area contributed by atoms with E-state index in [-0.39, 0.29) is 0 Å². The molecule has 4 aromatic carbocycles. The maximum Gasteiger partial charge on any atom is 0.107 e. The molecule has 4 rings (SSSR count). The fraction of sp³-hybridized carbons (Fsp3) is 0.161. The summed E-state index contributed by atoms with van der Waals surface area (Å²) in [6.07, 6.45) is 1.97. The molecule has 0 bridgehead atoms. The molecule has 0 fully saturated rings. The van der Waals surface area contributed by atoms with Crippen molar-refractivity contribution in [1.29, 1.82) is 10.5 Å². The van der Waals surface area contributed by atoms with Crippen LogP contribution in [0.15, 0.2) is 121 Å². The highest BCUT2D eigenvalue weighted by molar-refractivity contribution is 5.47. The van der Waals surface area contributed by atoms with Crippen LogP contribution in [-0.4, -0.2) is 0 Å². The van der Waals surface area contributed by atoms with Crippen LogP contribution in [0, 0.1) is 22.7 Å². The van der Waals surface area contributed by atoms with Gasteiger partial charge in [0, 0.05) is 0 Å². The van der Waals surface area contributed by atoms with Crippen LogP contribution in [0.1, 0.15) is 41.5 Å². The summed E-state index contributed by atoms with van der Waals surface area (Å²) >= 11 is 0. The molecule has 0 saturated heterocycles. The van der Waals surface area contributed by atoms with E-state index in [4.69, 9.17) is 0 Å². The fourth-order valence-electron chi connectivity index (χ4n) is 4.79. The van der Waals surface area contributed by atoms with Crippen molar-refractivity contribution in [1.82, 2.24) is 0 Å². The number of nitrogens with zero attached hydrogens (tertiary/aromatic N) is 2. The number of benzene rings is 4. The molecule has 0 spiro atoms. The Morgan fingerprint density at radius 2 is 0.667 bits per heavy atom. The minimum absolute atomic E-state index is 0.626. The van der Waals surface area contributed by atoms with Crippen molar-refractivity contribution < 1.29 is 0 Å². The second kappa shape index (κ2) is 9.99. The molecule has 0 atom stereocenters. The largest absolute Gasteiger partial charge is 0.197 e. The van der Waals surface area contributed by atoms with Crippen LogP contribution in [0.4, 0.5) is 0 Å². The summed E-state index contributed by atoms with van der Waals surface area (Å²) in [6.45, 7) is 0. The maximum atomic E-state index is 10.5. The van der Waals surface area contributed by atoms with Crippen molar-refractivity contribution in [2.75, 3.05) is 0 Å². The highest BCUT2D eigenvalue weighted by Gasteiger charge is 2.38. The van der Waals surface area contributed by atoms with Crippen LogP contribution in [0.2, 0.25) is 0 Å². The third-order valence-electron chi connectivity index (χ3n) is 6.55. The minimum atomic E-state index is -0.767. The van der Waals surface area contributed by atoms with Crippen LogP contribution < -0.4 is 0 Å². The third-order valence-corrected chi connectivity index (χ3v) is 6.55. The summed E-state index contributed by atoms with van der Waals surface area (Å²) in [5.74, 6) is 0. The normalized spacial score (nSPS) is 11.3. The first-order chi connectivity index (χ1) is 16.2. The zero-order chi connectivity index (χ0) is 23.0. The van der Waals surface area contributed by atoms with Crippen molar-refractivity contribution in [2.45, 2.75) is 30.1 Å². The van der Waals surface area contributed by atoms with E-state index in [1.807, 2.05) is 121 Å². The Kier molecular flexibility index (Phi) is 6.68. The lowest BCUT2D eigenvalue weighted by Gasteiger charge is -2.32. The zero-order valence-corrected chi connectivity index (χ0v) is 18.6. The predicted octanol–water partition coefficient (Wildman–Crippen LogP) is 7.18. The number of rotatable bonds is 8. The smallest absolute Gasteiger partial charge is 0.107 e. The molecular formula is C31H26N2. The van der Waals surface area contributed by atoms with Crippen molar-refractivity contribution in [3.63, 3.8) is 0 Å². The molecule has 0 heterocycles. The van der Waals surface area contributed by atoms with E-state index in [1.54, 1.807) is 0 Å². The molecule has 0 aliphatic heterocycles. The molecule has 0 unspecified atom stereocenters. The Bertz CT molecular complexity index is 1050. The molecule has 0 radical (unpaired) electrons. The second-order valence-electron chi connectivity index (χ2n) is 8.35. The summed E-state index contributed by atoms with van der Waals surface area (Å²) in [5, 5.41) is 21.0. The quantitative estimate of drug-likeness (QED) is 0.300. The maximum absolute atomic E-state index is 10.5. The molecule has 0 aliphatic carbocycles. The molecule has 0 N–H and O–H groups in total. The van der Waals surface area contributed by atoms with Gasteiger partial charge in [-0.15, -0.1) is 0 Å². The summed E-state index contributed by atoms with van der Waals surface area (Å²) in [4.78, 5) is 0. The monoisotopic (exact) mass is 426 g/mol. The van der Waals surface area contributed by atoms with Gasteiger partial charge in [-0.1, -0.05) is 121 Å². The third kappa shape index (κ3) is 4.30. The first-order valence-corrected chi connectivity index (χ1v) is 11.3. The van der Waals surface area contributed by atoms with Crippen molar-refractivity contribution >= 4 is 0 Å². The van der Waals surface area contributed by atoms with E-state index in [9.17, 15) is 10.5 Å². The highest BCUT2D eigenvalue weighted by atomic mass is 14.4. The summed E-state index contributed by atoms with van der Waals surface area (Å²) in [5.41, 5.74) is 2.41. The SMILES string of the molecule is N#CC(CCCC(C#N)(c1ccccc1)c1ccccc1)(c1ccccc1)c1ccccc1. The van der Waals surface area contributed by atoms with E-state index in [0.717, 1.165) is 22.3 Å². The van der Waals surface area contributed by atoms with E-state index in [1.165, 1.54) is 0 Å². The van der Waals surface area contributed by atoms with Gasteiger partial charge >= 0.3 is 0 Å². The molecule has 33 heavy (non-hydrogen) atoms. The zero-order valence-electron chi connectivity index (χ0n) is 18.6. The molecule has 2 heteroatoms. The van der Waals surface area contributed by atoms with Gasteiger partial charge in [0.2, 0.25) is 0 Å². The number of hydrogen-bond acceptors (Lipinski definition) is 2. The Hall–Kier alpha value is -4.14. The molecule has 0 amide bonds. The highest BCUT2D eigenvalue weighted by Crippen LogP contribution is 2.41. The van der Waals surface area contributed by atoms with Crippen molar-refractivity contribution in [2.24, 2.45) is 0 Å². The van der Waals surface area contributed by atoms with Crippen LogP contribution in [-0.2, 0) is 10.8 Å². The van der Waals surface area contributed by atoms with Gasteiger partial charge in [0.05, 0.1) is 12.1 Å². The Morgan fingerprint density at radius 3 is 0.879 bits per heavy atom. The van der Waals surface area contributed by atoms with Crippen molar-refractivity contribution in [3.8, 4) is 12.1 Å². The summed E-state index contributed by atoms with van der Waals surface area (Å²) in [7, 11) is 0. The standard InChI is InChI=1S/C31H26N2/c32-24-30(26-14-5-1-6-15-26,27-16-7-2-8-17-27)22-13-23-31(25-33,28-18-9-3-10-19-28)29-20-11-4-12-21-29/h1-12,14-21H,13,22-23H2. The lowest BCUT2D eigenvalue weighted by atomic mass is 9.68. The van der Waals surface area contributed by atoms with Crippen LogP contribution in [0.3, 0.4) is 0 Å². The molecule has 160 valence electrons. The molecule has 0 aliphatic rings. The average molecular weight is 427 g/mol. The van der Waals surface area contributed by atoms with Crippen molar-refractivity contribution in [3.05, 3.63) is 144 Å². The molecule has 0 aromatic heterocycles. The number of hydrogen-bond donors (Lipinski definition) is 0. The number of nitriles is 2. The van der Waals surface area contributed by atoms with Gasteiger partial charge in [-0.3, -0.25) is 0 Å². The van der Waals surface area contributed by atoms with Gasteiger partial charge in [0.1, 0.15) is 10.8 Å². The van der Waals surface area contributed by atoms with E-state index < -0.39 is 10.8 Å². The molecule has 0 saturated carbocycles. The fourth-order valence-corrected chi connectivity index (χ4v) is 4.79. The lowest BCUT2D eigenvalue weighted by molar-refractivity contribution is 0.487.